The number of ether oxygens (including phenoxy) is 3. The molecular weight excluding hydrogens is 387 g/mol. The molecule has 146 valence electrons. The van der Waals surface area contributed by atoms with Crippen molar-refractivity contribution < 1.29 is 59.0 Å². The van der Waals surface area contributed by atoms with E-state index in [-0.39, 0.29) is 0 Å². The Morgan fingerprint density at radius 2 is 1.88 bits per heavy atom. The van der Waals surface area contributed by atoms with E-state index in [1.807, 2.05) is 0 Å². The molecule has 1 aliphatic rings. The Morgan fingerprint density at radius 3 is 2.32 bits per heavy atom. The number of hydrogen-bond donors (Lipinski definition) is 2. The van der Waals surface area contributed by atoms with Crippen LogP contribution >= 0.6 is 0 Å². The van der Waals surface area contributed by atoms with Crippen molar-refractivity contribution in [3.05, 3.63) is 12.2 Å². The molecule has 1 rings (SSSR count). The van der Waals surface area contributed by atoms with Crippen molar-refractivity contribution in [1.82, 2.24) is 0 Å². The lowest BCUT2D eigenvalue weighted by molar-refractivity contribution is -0.349. The van der Waals surface area contributed by atoms with Crippen molar-refractivity contribution in [3.8, 4) is 0 Å². The third kappa shape index (κ3) is 5.31. The second-order valence-electron chi connectivity index (χ2n) is 5.03. The molecule has 2 N–H and O–H groups in total. The van der Waals surface area contributed by atoms with E-state index in [1.165, 1.54) is 0 Å². The molecule has 0 aliphatic carbocycles. The summed E-state index contributed by atoms with van der Waals surface area (Å²) in [6.07, 6.45) is -7.69. The van der Waals surface area contributed by atoms with Crippen LogP contribution in [-0.4, -0.2) is 67.2 Å². The van der Waals surface area contributed by atoms with Crippen LogP contribution in [0.2, 0.25) is 0 Å². The molecule has 0 aromatic carbocycles. The summed E-state index contributed by atoms with van der Waals surface area (Å²) in [5, 5.41) is 4.58. The first-order valence-electron chi connectivity index (χ1n) is 6.33. The van der Waals surface area contributed by atoms with Gasteiger partial charge in [-0.25, -0.2) is 4.79 Å². The smallest absolute Gasteiger partial charge is 0.443 e. The van der Waals surface area contributed by atoms with Crippen LogP contribution in [0.25, 0.3) is 0 Å². The first-order chi connectivity index (χ1) is 11.1. The zero-order valence-corrected chi connectivity index (χ0v) is 13.1. The Kier molecular flexibility index (Phi) is 6.17. The van der Waals surface area contributed by atoms with Gasteiger partial charge in [0.05, 0.1) is 25.2 Å². The Bertz CT molecular complexity index is 631. The Hall–Kier alpha value is -1.35. The molecular formula is C11H13F5O8S. The molecule has 1 saturated heterocycles. The average molecular weight is 400 g/mol. The van der Waals surface area contributed by atoms with Gasteiger partial charge in [-0.15, -0.1) is 0 Å². The van der Waals surface area contributed by atoms with Crippen LogP contribution < -0.4 is 0 Å². The Morgan fingerprint density at radius 1 is 1.32 bits per heavy atom. The monoisotopic (exact) mass is 400 g/mol. The molecule has 25 heavy (non-hydrogen) atoms. The van der Waals surface area contributed by atoms with Crippen molar-refractivity contribution in [2.24, 2.45) is 0 Å². The van der Waals surface area contributed by atoms with Crippen LogP contribution in [0, 0.1) is 0 Å². The Labute approximate surface area is 137 Å². The van der Waals surface area contributed by atoms with E-state index < -0.39 is 71.2 Å². The normalized spacial score (nSPS) is 25.0. The highest BCUT2D eigenvalue weighted by Gasteiger charge is 2.60. The van der Waals surface area contributed by atoms with Gasteiger partial charge in [0.1, 0.15) is 12.7 Å². The van der Waals surface area contributed by atoms with Gasteiger partial charge in [0, 0.05) is 0 Å². The zero-order chi connectivity index (χ0) is 19.7. The molecule has 1 aliphatic heterocycles. The van der Waals surface area contributed by atoms with Gasteiger partial charge in [0.2, 0.25) is 0 Å². The van der Waals surface area contributed by atoms with Crippen molar-refractivity contribution in [3.63, 3.8) is 0 Å². The minimum atomic E-state index is -5.72. The fourth-order valence-electron chi connectivity index (χ4n) is 1.59. The van der Waals surface area contributed by atoms with Crippen LogP contribution in [-0.2, 0) is 29.1 Å². The van der Waals surface area contributed by atoms with Crippen molar-refractivity contribution in [1.29, 1.82) is 0 Å². The Balaban J connectivity index is 2.48. The van der Waals surface area contributed by atoms with Gasteiger partial charge in [-0.2, -0.15) is 30.4 Å². The molecule has 14 heteroatoms. The molecule has 0 saturated carbocycles. The average Bonchev–Trinajstić information content (AvgIpc) is 2.79. The fraction of sp³-hybridized carbons (Fsp3) is 0.727. The van der Waals surface area contributed by atoms with Crippen LogP contribution in [0.1, 0.15) is 6.42 Å². The maximum atomic E-state index is 12.8. The predicted molar refractivity (Wildman–Crippen MR) is 67.9 cm³/mol. The lowest BCUT2D eigenvalue weighted by Crippen LogP contribution is -2.44. The van der Waals surface area contributed by atoms with Gasteiger partial charge >= 0.3 is 27.5 Å². The zero-order valence-electron chi connectivity index (χ0n) is 12.3. The molecule has 0 radical (unpaired) electrons. The highest BCUT2D eigenvalue weighted by atomic mass is 32.2. The second kappa shape index (κ2) is 7.11. The number of rotatable bonds is 7. The summed E-state index contributed by atoms with van der Waals surface area (Å²) in [4.78, 5) is 11.5. The number of halogens is 5. The minimum Gasteiger partial charge on any atom is -0.456 e. The first-order valence-corrected chi connectivity index (χ1v) is 7.77. The van der Waals surface area contributed by atoms with E-state index in [2.05, 4.69) is 20.8 Å². The van der Waals surface area contributed by atoms with Gasteiger partial charge in [0.25, 0.3) is 5.79 Å². The summed E-state index contributed by atoms with van der Waals surface area (Å²) in [5.41, 5.74) is -0.617. The predicted octanol–water partition coefficient (Wildman–Crippen LogP) is 0.623. The molecule has 2 atom stereocenters. The van der Waals surface area contributed by atoms with E-state index in [4.69, 9.17) is 4.55 Å². The summed E-state index contributed by atoms with van der Waals surface area (Å²) in [5.74, 6) is -4.80. The van der Waals surface area contributed by atoms with Crippen molar-refractivity contribution in [2.75, 3.05) is 19.8 Å². The summed E-state index contributed by atoms with van der Waals surface area (Å²) in [6, 6.07) is 0. The van der Waals surface area contributed by atoms with E-state index in [0.717, 1.165) is 0 Å². The second-order valence-corrected chi connectivity index (χ2v) is 6.58. The molecule has 0 spiro atoms. The fourth-order valence-corrected chi connectivity index (χ4v) is 1.82. The number of alkyl halides is 5. The number of hydrogen-bond acceptors (Lipinski definition) is 7. The summed E-state index contributed by atoms with van der Waals surface area (Å²) in [6.45, 7) is -0.422. The number of esters is 1. The molecule has 1 heterocycles. The quantitative estimate of drug-likeness (QED) is 0.276. The highest BCUT2D eigenvalue weighted by Crippen LogP contribution is 2.39. The minimum absolute atomic E-state index is 0.617. The molecule has 0 bridgehead atoms. The molecule has 0 aromatic heterocycles. The van der Waals surface area contributed by atoms with E-state index in [9.17, 15) is 40.3 Å². The van der Waals surface area contributed by atoms with Crippen molar-refractivity contribution in [2.45, 2.75) is 29.7 Å². The molecule has 8 nitrogen and oxygen atoms in total. The highest BCUT2D eigenvalue weighted by molar-refractivity contribution is 7.86. The summed E-state index contributed by atoms with van der Waals surface area (Å²) >= 11 is 0. The van der Waals surface area contributed by atoms with Crippen LogP contribution in [0.3, 0.4) is 0 Å². The van der Waals surface area contributed by atoms with Crippen LogP contribution in [0.4, 0.5) is 22.0 Å². The lowest BCUT2D eigenvalue weighted by atomic mass is 10.1. The van der Waals surface area contributed by atoms with E-state index in [1.54, 1.807) is 0 Å². The molecule has 0 amide bonds. The van der Waals surface area contributed by atoms with Gasteiger partial charge in [-0.3, -0.25) is 4.55 Å². The largest absolute Gasteiger partial charge is 0.456 e. The molecule has 1 fully saturated rings. The van der Waals surface area contributed by atoms with Gasteiger partial charge in [-0.1, -0.05) is 6.58 Å². The van der Waals surface area contributed by atoms with E-state index in [0.29, 0.717) is 0 Å². The molecule has 2 unspecified atom stereocenters. The standard InChI is InChI=1S/C11H13F5O8S/c1-6(3-22-5-10(12,13)25(19,20)21)8(17)24-7-2-9(18,23-4-7)11(14,15)16/h7,18H,1-5H2,(H,19,20,21). The number of aliphatic hydroxyl groups is 1. The molecule has 0 aromatic rings. The SMILES string of the molecule is C=C(COCC(F)(F)S(=O)(=O)O)C(=O)OC1COC(O)(C(F)(F)F)C1. The van der Waals surface area contributed by atoms with Gasteiger partial charge in [0.15, 0.2) is 0 Å². The summed E-state index contributed by atoms with van der Waals surface area (Å²) < 4.78 is 105. The van der Waals surface area contributed by atoms with Crippen LogP contribution in [0.15, 0.2) is 12.2 Å². The number of carbonyl (C=O) groups excluding carboxylic acids is 1. The third-order valence-corrected chi connectivity index (χ3v) is 3.81. The number of carbonyl (C=O) groups is 1. The van der Waals surface area contributed by atoms with Crippen molar-refractivity contribution >= 4 is 16.1 Å². The topological polar surface area (TPSA) is 119 Å². The maximum Gasteiger partial charge on any atom is 0.443 e. The van der Waals surface area contributed by atoms with Gasteiger partial charge < -0.3 is 19.3 Å². The lowest BCUT2D eigenvalue weighted by Gasteiger charge is -2.24. The van der Waals surface area contributed by atoms with Crippen LogP contribution in [0.5, 0.6) is 0 Å². The maximum absolute atomic E-state index is 12.8. The van der Waals surface area contributed by atoms with E-state index >= 15 is 0 Å². The first kappa shape index (κ1) is 21.7. The summed E-state index contributed by atoms with van der Waals surface area (Å²) in [7, 11) is -5.72. The third-order valence-electron chi connectivity index (χ3n) is 2.94. The van der Waals surface area contributed by atoms with Gasteiger partial charge in [-0.05, 0) is 0 Å².